The van der Waals surface area contributed by atoms with Crippen molar-refractivity contribution in [1.29, 1.82) is 0 Å². The Hall–Kier alpha value is -0.180. The van der Waals surface area contributed by atoms with E-state index in [0.29, 0.717) is 11.3 Å². The van der Waals surface area contributed by atoms with Gasteiger partial charge in [0, 0.05) is 18.3 Å². The van der Waals surface area contributed by atoms with Crippen molar-refractivity contribution in [3.8, 4) is 0 Å². The molecule has 2 rings (SSSR count). The van der Waals surface area contributed by atoms with Crippen molar-refractivity contribution in [3.05, 3.63) is 0 Å². The molecule has 0 amide bonds. The third-order valence-corrected chi connectivity index (χ3v) is 5.50. The van der Waals surface area contributed by atoms with Crippen LogP contribution in [0.1, 0.15) is 47.0 Å². The van der Waals surface area contributed by atoms with Crippen LogP contribution in [0.2, 0.25) is 0 Å². The summed E-state index contributed by atoms with van der Waals surface area (Å²) >= 11 is 1.93. The van der Waals surface area contributed by atoms with Crippen LogP contribution in [0, 0.1) is 17.3 Å². The molecule has 0 aromatic heterocycles. The highest BCUT2D eigenvalue weighted by Crippen LogP contribution is 2.33. The average Bonchev–Trinajstić information content (AvgIpc) is 2.71. The van der Waals surface area contributed by atoms with Crippen LogP contribution < -0.4 is 5.32 Å². The Bertz CT molecular complexity index is 293. The van der Waals surface area contributed by atoms with Gasteiger partial charge in [-0.15, -0.1) is 0 Å². The molecule has 1 heterocycles. The highest BCUT2D eigenvalue weighted by atomic mass is 32.2. The van der Waals surface area contributed by atoms with Gasteiger partial charge < -0.3 is 5.32 Å². The van der Waals surface area contributed by atoms with Crippen LogP contribution in [0.25, 0.3) is 0 Å². The van der Waals surface area contributed by atoms with Crippen molar-refractivity contribution in [2.24, 2.45) is 22.2 Å². The summed E-state index contributed by atoms with van der Waals surface area (Å²) in [5.41, 5.74) is 0.360. The Morgan fingerprint density at radius 2 is 2.18 bits per heavy atom. The molecule has 98 valence electrons. The topological polar surface area (TPSA) is 24.4 Å². The third kappa shape index (κ3) is 3.40. The molecule has 17 heavy (non-hydrogen) atoms. The number of rotatable bonds is 2. The summed E-state index contributed by atoms with van der Waals surface area (Å²) in [7, 11) is 0. The summed E-state index contributed by atoms with van der Waals surface area (Å²) in [6.45, 7) is 10.1. The Labute approximate surface area is 110 Å². The number of fused-ring (bicyclic) bond motifs is 1. The molecule has 2 nitrogen and oxygen atoms in total. The number of amidine groups is 1. The molecule has 0 aromatic rings. The molecule has 2 fully saturated rings. The van der Waals surface area contributed by atoms with Gasteiger partial charge in [-0.1, -0.05) is 45.9 Å². The summed E-state index contributed by atoms with van der Waals surface area (Å²) in [5, 5.41) is 4.83. The van der Waals surface area contributed by atoms with E-state index in [1.165, 1.54) is 30.2 Å². The van der Waals surface area contributed by atoms with Crippen LogP contribution in [0.4, 0.5) is 0 Å². The summed E-state index contributed by atoms with van der Waals surface area (Å²) in [6, 6.07) is 0.722. The van der Waals surface area contributed by atoms with Gasteiger partial charge in [0.25, 0.3) is 0 Å². The van der Waals surface area contributed by atoms with Crippen LogP contribution in [0.15, 0.2) is 4.99 Å². The first-order valence-corrected chi connectivity index (χ1v) is 7.89. The number of nitrogens with zero attached hydrogens (tertiary/aromatic N) is 1. The Kier molecular flexibility index (Phi) is 4.06. The van der Waals surface area contributed by atoms with Gasteiger partial charge in [0.05, 0.1) is 0 Å². The molecule has 2 aliphatic rings. The van der Waals surface area contributed by atoms with E-state index < -0.39 is 0 Å². The fourth-order valence-electron chi connectivity index (χ4n) is 2.40. The Morgan fingerprint density at radius 1 is 1.41 bits per heavy atom. The maximum Gasteiger partial charge on any atom is 0.156 e. The van der Waals surface area contributed by atoms with Crippen molar-refractivity contribution < 1.29 is 0 Å². The molecule has 1 N–H and O–H groups in total. The zero-order valence-electron chi connectivity index (χ0n) is 11.6. The summed E-state index contributed by atoms with van der Waals surface area (Å²) in [4.78, 5) is 4.78. The molecule has 0 aromatic carbocycles. The van der Waals surface area contributed by atoms with Gasteiger partial charge >= 0.3 is 0 Å². The predicted octanol–water partition coefficient (Wildman–Crippen LogP) is 3.53. The first kappa shape index (κ1) is 13.3. The molecule has 1 saturated carbocycles. The third-order valence-electron chi connectivity index (χ3n) is 4.39. The lowest BCUT2D eigenvalue weighted by molar-refractivity contribution is 0.269. The summed E-state index contributed by atoms with van der Waals surface area (Å²) in [5.74, 6) is 2.82. The first-order chi connectivity index (χ1) is 7.97. The van der Waals surface area contributed by atoms with E-state index in [2.05, 4.69) is 33.0 Å². The fraction of sp³-hybridized carbons (Fsp3) is 0.929. The molecule has 3 atom stereocenters. The van der Waals surface area contributed by atoms with Crippen LogP contribution in [-0.4, -0.2) is 23.5 Å². The molecule has 1 aliphatic carbocycles. The molecule has 3 heteroatoms. The second kappa shape index (κ2) is 5.21. The van der Waals surface area contributed by atoms with Crippen LogP contribution in [0.5, 0.6) is 0 Å². The summed E-state index contributed by atoms with van der Waals surface area (Å²) in [6.07, 6.45) is 4.16. The van der Waals surface area contributed by atoms with Crippen LogP contribution in [-0.2, 0) is 0 Å². The van der Waals surface area contributed by atoms with Crippen LogP contribution >= 0.6 is 11.8 Å². The summed E-state index contributed by atoms with van der Waals surface area (Å²) < 4.78 is 0. The second-order valence-electron chi connectivity index (χ2n) is 6.67. The van der Waals surface area contributed by atoms with Crippen molar-refractivity contribution in [1.82, 2.24) is 5.32 Å². The lowest BCUT2D eigenvalue weighted by atomic mass is 9.82. The zero-order chi connectivity index (χ0) is 12.5. The molecular formula is C14H26N2S. The van der Waals surface area contributed by atoms with Gasteiger partial charge in [-0.25, -0.2) is 0 Å². The molecule has 0 bridgehead atoms. The lowest BCUT2D eigenvalue weighted by Gasteiger charge is -2.29. The first-order valence-electron chi connectivity index (χ1n) is 6.90. The van der Waals surface area contributed by atoms with Gasteiger partial charge in [0.15, 0.2) is 5.17 Å². The highest BCUT2D eigenvalue weighted by Gasteiger charge is 2.32. The van der Waals surface area contributed by atoms with Gasteiger partial charge in [-0.3, -0.25) is 4.99 Å². The zero-order valence-corrected chi connectivity index (χ0v) is 12.4. The molecule has 1 aliphatic heterocycles. The smallest absolute Gasteiger partial charge is 0.156 e. The van der Waals surface area contributed by atoms with E-state index in [0.717, 1.165) is 18.5 Å². The Balaban J connectivity index is 1.86. The minimum atomic E-state index is 0.360. The number of hydrogen-bond donors (Lipinski definition) is 1. The minimum absolute atomic E-state index is 0.360. The minimum Gasteiger partial charge on any atom is -0.362 e. The van der Waals surface area contributed by atoms with E-state index >= 15 is 0 Å². The Morgan fingerprint density at radius 3 is 2.88 bits per heavy atom. The largest absolute Gasteiger partial charge is 0.362 e. The molecule has 1 saturated heterocycles. The standard InChI is InChI=1S/C14H26N2S/c1-10(14(2,3)4)8-15-13-16-12-7-5-6-11(12)9-17-13/h10-12H,5-9H2,1-4H3,(H,15,16). The van der Waals surface area contributed by atoms with Crippen molar-refractivity contribution in [3.63, 3.8) is 0 Å². The van der Waals surface area contributed by atoms with E-state index in [9.17, 15) is 0 Å². The van der Waals surface area contributed by atoms with E-state index in [4.69, 9.17) is 4.99 Å². The van der Waals surface area contributed by atoms with E-state index in [1.807, 2.05) is 11.8 Å². The van der Waals surface area contributed by atoms with Gasteiger partial charge in [-0.2, -0.15) is 0 Å². The van der Waals surface area contributed by atoms with Crippen molar-refractivity contribution in [2.45, 2.75) is 53.0 Å². The SMILES string of the molecule is CC(CN=C1NC2CCCC2CS1)C(C)(C)C. The predicted molar refractivity (Wildman–Crippen MR) is 77.6 cm³/mol. The number of hydrogen-bond acceptors (Lipinski definition) is 2. The molecule has 0 spiro atoms. The maximum absolute atomic E-state index is 4.78. The van der Waals surface area contributed by atoms with Crippen molar-refractivity contribution in [2.75, 3.05) is 12.3 Å². The monoisotopic (exact) mass is 254 g/mol. The van der Waals surface area contributed by atoms with Crippen molar-refractivity contribution >= 4 is 16.9 Å². The molecule has 3 unspecified atom stereocenters. The highest BCUT2D eigenvalue weighted by molar-refractivity contribution is 8.13. The molecule has 0 radical (unpaired) electrons. The van der Waals surface area contributed by atoms with E-state index in [-0.39, 0.29) is 0 Å². The van der Waals surface area contributed by atoms with Gasteiger partial charge in [-0.05, 0) is 30.1 Å². The average molecular weight is 254 g/mol. The second-order valence-corrected chi connectivity index (χ2v) is 7.67. The van der Waals surface area contributed by atoms with Gasteiger partial charge in [0.1, 0.15) is 0 Å². The van der Waals surface area contributed by atoms with Crippen LogP contribution in [0.3, 0.4) is 0 Å². The van der Waals surface area contributed by atoms with Gasteiger partial charge in [0.2, 0.25) is 0 Å². The number of aliphatic imine (C=N–C) groups is 1. The maximum atomic E-state index is 4.78. The number of nitrogens with one attached hydrogen (secondary N) is 1. The quantitative estimate of drug-likeness (QED) is 0.815. The van der Waals surface area contributed by atoms with E-state index in [1.54, 1.807) is 0 Å². The number of thioether (sulfide) groups is 1. The normalized spacial score (nSPS) is 33.3. The molecular weight excluding hydrogens is 228 g/mol. The lowest BCUT2D eigenvalue weighted by Crippen LogP contribution is -2.41. The fourth-order valence-corrected chi connectivity index (χ4v) is 3.57.